The Bertz CT molecular complexity index is 1170. The molecule has 5 rings (SSSR count). The summed E-state index contributed by atoms with van der Waals surface area (Å²) in [5.41, 5.74) is 4.75. The maximum atomic E-state index is 12.3. The maximum Gasteiger partial charge on any atom is 0.409 e. The molecule has 0 spiro atoms. The summed E-state index contributed by atoms with van der Waals surface area (Å²) in [7, 11) is 3.25. The van der Waals surface area contributed by atoms with Crippen molar-refractivity contribution < 1.29 is 24.2 Å². The highest BCUT2D eigenvalue weighted by atomic mass is 16.5. The van der Waals surface area contributed by atoms with Crippen molar-refractivity contribution in [3.63, 3.8) is 0 Å². The van der Waals surface area contributed by atoms with Crippen molar-refractivity contribution in [1.29, 1.82) is 0 Å². The van der Waals surface area contributed by atoms with Gasteiger partial charge in [-0.1, -0.05) is 13.0 Å². The Balaban J connectivity index is 1.51. The van der Waals surface area contributed by atoms with Crippen LogP contribution in [0.4, 0.5) is 4.79 Å². The third kappa shape index (κ3) is 5.16. The van der Waals surface area contributed by atoms with Gasteiger partial charge < -0.3 is 24.0 Å². The molecule has 1 aromatic carbocycles. The number of amides is 1. The highest BCUT2D eigenvalue weighted by molar-refractivity contribution is 5.82. The van der Waals surface area contributed by atoms with Crippen LogP contribution in [0.25, 0.3) is 11.0 Å². The second-order valence-electron chi connectivity index (χ2n) is 12.2. The molecule has 1 aliphatic heterocycles. The number of hydrogen-bond donors (Lipinski definition) is 1. The van der Waals surface area contributed by atoms with E-state index in [1.165, 1.54) is 12.7 Å². The van der Waals surface area contributed by atoms with E-state index in [0.29, 0.717) is 32.0 Å². The third-order valence-electron chi connectivity index (χ3n) is 9.67. The van der Waals surface area contributed by atoms with Gasteiger partial charge in [-0.3, -0.25) is 4.79 Å². The summed E-state index contributed by atoms with van der Waals surface area (Å²) >= 11 is 0. The lowest BCUT2D eigenvalue weighted by molar-refractivity contribution is -0.142. The van der Waals surface area contributed by atoms with Crippen LogP contribution in [0.1, 0.15) is 101 Å². The number of carboxylic acid groups (broad SMARTS) is 1. The molecule has 0 bridgehead atoms. The second-order valence-corrected chi connectivity index (χ2v) is 12.2. The predicted octanol–water partition coefficient (Wildman–Crippen LogP) is 6.07. The quantitative estimate of drug-likeness (QED) is 0.492. The number of carboxylic acids is 1. The number of aliphatic carboxylic acids is 1. The van der Waals surface area contributed by atoms with E-state index in [-0.39, 0.29) is 29.4 Å². The highest BCUT2D eigenvalue weighted by Crippen LogP contribution is 2.45. The first-order valence-electron chi connectivity index (χ1n) is 14.3. The average Bonchev–Trinajstić information content (AvgIpc) is 3.33. The van der Waals surface area contributed by atoms with Gasteiger partial charge in [0.2, 0.25) is 0 Å². The van der Waals surface area contributed by atoms with E-state index in [0.717, 1.165) is 73.8 Å². The topological polar surface area (TPSA) is 93.9 Å². The first-order valence-corrected chi connectivity index (χ1v) is 14.3. The van der Waals surface area contributed by atoms with Crippen LogP contribution in [-0.4, -0.2) is 58.5 Å². The molecule has 8 nitrogen and oxygen atoms in total. The van der Waals surface area contributed by atoms with E-state index in [2.05, 4.69) is 30.5 Å². The average molecular weight is 526 g/mol. The summed E-state index contributed by atoms with van der Waals surface area (Å²) in [6, 6.07) is 4.70. The summed E-state index contributed by atoms with van der Waals surface area (Å²) in [6.07, 6.45) is 9.54. The van der Waals surface area contributed by atoms with E-state index in [9.17, 15) is 14.7 Å². The Morgan fingerprint density at radius 3 is 2.47 bits per heavy atom. The van der Waals surface area contributed by atoms with Gasteiger partial charge in [0.1, 0.15) is 5.82 Å². The van der Waals surface area contributed by atoms with Gasteiger partial charge in [0.25, 0.3) is 0 Å². The van der Waals surface area contributed by atoms with Crippen molar-refractivity contribution in [1.82, 2.24) is 14.5 Å². The van der Waals surface area contributed by atoms with Gasteiger partial charge >= 0.3 is 12.1 Å². The van der Waals surface area contributed by atoms with Gasteiger partial charge in [-0.05, 0) is 88.2 Å². The number of carbonyl (C=O) groups excluding carboxylic acids is 1. The monoisotopic (exact) mass is 525 g/mol. The maximum absolute atomic E-state index is 12.3. The molecule has 2 saturated carbocycles. The number of nitrogens with zero attached hydrogens (tertiary/aromatic N) is 3. The number of rotatable bonds is 6. The molecule has 0 saturated heterocycles. The number of ether oxygens (including phenoxy) is 2. The predicted molar refractivity (Wildman–Crippen MR) is 145 cm³/mol. The SMILES string of the molecule is COC(=O)N1CCc2ccc3c(nc(C4CCC(C(=O)O)CC4)n3[C@H](C)C[C@]3(C)CC[C@H](OC)CC3)c2C1. The standard InChI is InChI=1S/C30H43N3O5/c1-19(17-30(2)14-11-23(37-3)12-15-30)33-25-10-9-20-13-16-32(29(36)38-4)18-24(20)26(25)31-27(33)21-5-7-22(8-6-21)28(34)35/h9-10,19,21-23H,5-8,11-18H2,1-4H3,(H,34,35)/t19-,21?,22?,23-,30+/m1/s1. The zero-order valence-electron chi connectivity index (χ0n) is 23.4. The Morgan fingerprint density at radius 2 is 1.84 bits per heavy atom. The van der Waals surface area contributed by atoms with Gasteiger partial charge in [0.15, 0.2) is 0 Å². The van der Waals surface area contributed by atoms with Crippen molar-refractivity contribution in [2.24, 2.45) is 11.3 Å². The number of fused-ring (bicyclic) bond motifs is 3. The fraction of sp³-hybridized carbons (Fsp3) is 0.700. The Labute approximate surface area is 225 Å². The Morgan fingerprint density at radius 1 is 1.13 bits per heavy atom. The summed E-state index contributed by atoms with van der Waals surface area (Å²) < 4.78 is 13.1. The Kier molecular flexibility index (Phi) is 7.72. The molecule has 3 aliphatic rings. The van der Waals surface area contributed by atoms with Crippen LogP contribution >= 0.6 is 0 Å². The second kappa shape index (κ2) is 10.9. The zero-order valence-corrected chi connectivity index (χ0v) is 23.4. The van der Waals surface area contributed by atoms with Gasteiger partial charge in [-0.2, -0.15) is 0 Å². The molecule has 1 N–H and O–H groups in total. The van der Waals surface area contributed by atoms with E-state index >= 15 is 0 Å². The molecule has 2 aromatic rings. The van der Waals surface area contributed by atoms with Crippen LogP contribution in [0, 0.1) is 11.3 Å². The van der Waals surface area contributed by atoms with Gasteiger partial charge in [-0.15, -0.1) is 0 Å². The van der Waals surface area contributed by atoms with Gasteiger partial charge in [0, 0.05) is 31.2 Å². The third-order valence-corrected chi connectivity index (χ3v) is 9.67. The molecule has 0 unspecified atom stereocenters. The first-order chi connectivity index (χ1) is 18.2. The number of benzene rings is 1. The molecular formula is C30H43N3O5. The lowest BCUT2D eigenvalue weighted by atomic mass is 9.71. The molecule has 0 radical (unpaired) electrons. The van der Waals surface area contributed by atoms with Crippen molar-refractivity contribution >= 4 is 23.1 Å². The first kappa shape index (κ1) is 27.0. The van der Waals surface area contributed by atoms with Crippen molar-refractivity contribution in [2.45, 2.75) is 103 Å². The van der Waals surface area contributed by atoms with Crippen LogP contribution in [0.5, 0.6) is 0 Å². The lowest BCUT2D eigenvalue weighted by Crippen LogP contribution is -2.35. The molecule has 208 valence electrons. The zero-order chi connectivity index (χ0) is 27.0. The molecule has 1 amide bonds. The van der Waals surface area contributed by atoms with Gasteiger partial charge in [0.05, 0.1) is 36.7 Å². The van der Waals surface area contributed by atoms with Crippen molar-refractivity contribution in [3.05, 3.63) is 29.1 Å². The van der Waals surface area contributed by atoms with Crippen LogP contribution in [-0.2, 0) is 27.2 Å². The number of aromatic nitrogens is 2. The van der Waals surface area contributed by atoms with E-state index in [1.807, 2.05) is 7.11 Å². The molecule has 2 aliphatic carbocycles. The lowest BCUT2D eigenvalue weighted by Gasteiger charge is -2.39. The molecule has 2 fully saturated rings. The minimum Gasteiger partial charge on any atom is -0.481 e. The minimum atomic E-state index is -0.679. The number of carbonyl (C=O) groups is 2. The van der Waals surface area contributed by atoms with Crippen LogP contribution in [0.15, 0.2) is 12.1 Å². The fourth-order valence-corrected chi connectivity index (χ4v) is 7.38. The highest BCUT2D eigenvalue weighted by Gasteiger charge is 2.36. The minimum absolute atomic E-state index is 0.244. The van der Waals surface area contributed by atoms with Crippen molar-refractivity contribution in [3.8, 4) is 0 Å². The van der Waals surface area contributed by atoms with Gasteiger partial charge in [-0.25, -0.2) is 9.78 Å². The summed E-state index contributed by atoms with van der Waals surface area (Å²) in [4.78, 5) is 31.0. The summed E-state index contributed by atoms with van der Waals surface area (Å²) in [5.74, 6) is 0.405. The fourth-order valence-electron chi connectivity index (χ4n) is 7.38. The van der Waals surface area contributed by atoms with E-state index < -0.39 is 5.97 Å². The number of hydrogen-bond acceptors (Lipinski definition) is 5. The van der Waals surface area contributed by atoms with E-state index in [4.69, 9.17) is 14.5 Å². The van der Waals surface area contributed by atoms with Crippen molar-refractivity contribution in [2.75, 3.05) is 20.8 Å². The molecule has 38 heavy (non-hydrogen) atoms. The van der Waals surface area contributed by atoms with E-state index in [1.54, 1.807) is 4.90 Å². The Hall–Kier alpha value is -2.61. The summed E-state index contributed by atoms with van der Waals surface area (Å²) in [6.45, 7) is 5.89. The normalized spacial score (nSPS) is 28.6. The van der Waals surface area contributed by atoms with Crippen LogP contribution < -0.4 is 0 Å². The molecule has 1 atom stereocenters. The van der Waals surface area contributed by atoms with Crippen LogP contribution in [0.3, 0.4) is 0 Å². The molecule has 2 heterocycles. The molecular weight excluding hydrogens is 482 g/mol. The largest absolute Gasteiger partial charge is 0.481 e. The molecule has 1 aromatic heterocycles. The van der Waals surface area contributed by atoms with Crippen LogP contribution in [0.2, 0.25) is 0 Å². The summed E-state index contributed by atoms with van der Waals surface area (Å²) in [5, 5.41) is 9.55. The number of imidazole rings is 1. The number of methoxy groups -OCH3 is 2. The molecule has 8 heteroatoms. The smallest absolute Gasteiger partial charge is 0.409 e.